The van der Waals surface area contributed by atoms with Crippen molar-refractivity contribution in [3.8, 4) is 0 Å². The predicted molar refractivity (Wildman–Crippen MR) is 70.6 cm³/mol. The number of anilines is 1. The quantitative estimate of drug-likeness (QED) is 0.794. The number of hydrogen-bond donors (Lipinski definition) is 1. The summed E-state index contributed by atoms with van der Waals surface area (Å²) in [6.45, 7) is 6.53. The second-order valence-corrected chi connectivity index (χ2v) is 4.90. The molecule has 0 amide bonds. The van der Waals surface area contributed by atoms with Gasteiger partial charge in [0, 0.05) is 11.4 Å². The number of ether oxygens (including phenoxy) is 1. The van der Waals surface area contributed by atoms with Crippen molar-refractivity contribution >= 4 is 22.4 Å². The van der Waals surface area contributed by atoms with Crippen molar-refractivity contribution in [3.63, 3.8) is 0 Å². The highest BCUT2D eigenvalue weighted by atomic mass is 32.1. The van der Waals surface area contributed by atoms with E-state index in [0.717, 1.165) is 18.0 Å². The lowest BCUT2D eigenvalue weighted by Gasteiger charge is -2.21. The van der Waals surface area contributed by atoms with Crippen LogP contribution in [-0.4, -0.2) is 24.1 Å². The number of hydrogen-bond acceptors (Lipinski definition) is 5. The molecule has 1 N–H and O–H groups in total. The van der Waals surface area contributed by atoms with Crippen LogP contribution in [0.4, 0.5) is 5.13 Å². The van der Waals surface area contributed by atoms with Crippen LogP contribution in [0.2, 0.25) is 0 Å². The van der Waals surface area contributed by atoms with Gasteiger partial charge in [0.25, 0.3) is 0 Å². The van der Waals surface area contributed by atoms with Gasteiger partial charge in [0.15, 0.2) is 10.8 Å². The summed E-state index contributed by atoms with van der Waals surface area (Å²) in [5.41, 5.74) is 0.372. The molecule has 0 aliphatic rings. The highest BCUT2D eigenvalue weighted by Gasteiger charge is 2.16. The average Bonchev–Trinajstić information content (AvgIpc) is 2.78. The molecule has 4 nitrogen and oxygen atoms in total. The van der Waals surface area contributed by atoms with Crippen LogP contribution in [0.15, 0.2) is 5.38 Å². The molecule has 0 radical (unpaired) electrons. The number of carbonyl (C=O) groups is 1. The molecule has 1 heterocycles. The van der Waals surface area contributed by atoms with Crippen molar-refractivity contribution in [1.82, 2.24) is 4.98 Å². The molecule has 5 heteroatoms. The van der Waals surface area contributed by atoms with Gasteiger partial charge in [-0.1, -0.05) is 26.7 Å². The highest BCUT2D eigenvalue weighted by Crippen LogP contribution is 2.21. The van der Waals surface area contributed by atoms with Crippen molar-refractivity contribution in [2.75, 3.05) is 12.4 Å². The zero-order valence-corrected chi connectivity index (χ0v) is 11.6. The Balaban J connectivity index is 2.62. The summed E-state index contributed by atoms with van der Waals surface area (Å²) >= 11 is 1.44. The molecular formula is C12H20N2O2S. The van der Waals surface area contributed by atoms with E-state index >= 15 is 0 Å². The Bertz CT molecular complexity index is 361. The van der Waals surface area contributed by atoms with E-state index in [1.807, 2.05) is 0 Å². The van der Waals surface area contributed by atoms with Gasteiger partial charge in [0.1, 0.15) is 0 Å². The fourth-order valence-corrected chi connectivity index (χ4v) is 2.62. The van der Waals surface area contributed by atoms with Crippen LogP contribution in [0, 0.1) is 5.92 Å². The lowest BCUT2D eigenvalue weighted by molar-refractivity contribution is 0.0595. The summed E-state index contributed by atoms with van der Waals surface area (Å²) < 4.78 is 4.62. The minimum atomic E-state index is -0.385. The summed E-state index contributed by atoms with van der Waals surface area (Å²) in [5.74, 6) is 0.241. The normalized spacial score (nSPS) is 12.5. The van der Waals surface area contributed by atoms with Crippen LogP contribution in [0.5, 0.6) is 0 Å². The first-order chi connectivity index (χ1) is 8.12. The summed E-state index contributed by atoms with van der Waals surface area (Å²) in [6, 6.07) is 0.363. The number of esters is 1. The van der Waals surface area contributed by atoms with Crippen LogP contribution >= 0.6 is 11.3 Å². The fourth-order valence-electron chi connectivity index (χ4n) is 1.85. The Kier molecular flexibility index (Phi) is 5.41. The van der Waals surface area contributed by atoms with Gasteiger partial charge < -0.3 is 10.1 Å². The van der Waals surface area contributed by atoms with Gasteiger partial charge in [-0.25, -0.2) is 9.78 Å². The third kappa shape index (κ3) is 3.70. The van der Waals surface area contributed by atoms with E-state index in [1.54, 1.807) is 5.38 Å². The molecule has 0 spiro atoms. The number of rotatable bonds is 6. The zero-order valence-electron chi connectivity index (χ0n) is 10.8. The van der Waals surface area contributed by atoms with Crippen LogP contribution in [-0.2, 0) is 4.74 Å². The topological polar surface area (TPSA) is 51.2 Å². The van der Waals surface area contributed by atoms with E-state index in [4.69, 9.17) is 0 Å². The van der Waals surface area contributed by atoms with E-state index < -0.39 is 0 Å². The lowest BCUT2D eigenvalue weighted by Crippen LogP contribution is -2.24. The van der Waals surface area contributed by atoms with Gasteiger partial charge in [0.05, 0.1) is 7.11 Å². The molecule has 1 aromatic rings. The smallest absolute Gasteiger partial charge is 0.357 e. The molecule has 0 aliphatic heterocycles. The summed E-state index contributed by atoms with van der Waals surface area (Å²) in [4.78, 5) is 15.5. The van der Waals surface area contributed by atoms with Crippen LogP contribution in [0.25, 0.3) is 0 Å². The SMILES string of the molecule is CCC(CC)C(C)Nc1nc(C(=O)OC)cs1. The number of nitrogens with zero attached hydrogens (tertiary/aromatic N) is 1. The first kappa shape index (κ1) is 14.0. The Hall–Kier alpha value is -1.10. The van der Waals surface area contributed by atoms with Crippen LogP contribution < -0.4 is 5.32 Å². The maximum absolute atomic E-state index is 11.3. The first-order valence-corrected chi connectivity index (χ1v) is 6.80. The average molecular weight is 256 g/mol. The number of aromatic nitrogens is 1. The highest BCUT2D eigenvalue weighted by molar-refractivity contribution is 7.13. The number of nitrogens with one attached hydrogen (secondary N) is 1. The van der Waals surface area contributed by atoms with E-state index in [1.165, 1.54) is 18.4 Å². The zero-order chi connectivity index (χ0) is 12.8. The van der Waals surface area contributed by atoms with Gasteiger partial charge in [0.2, 0.25) is 0 Å². The molecule has 96 valence electrons. The largest absolute Gasteiger partial charge is 0.464 e. The predicted octanol–water partition coefficient (Wildman–Crippen LogP) is 3.17. The van der Waals surface area contributed by atoms with Crippen molar-refractivity contribution in [2.24, 2.45) is 5.92 Å². The minimum absolute atomic E-state index is 0.363. The second kappa shape index (κ2) is 6.59. The Morgan fingerprint density at radius 1 is 1.53 bits per heavy atom. The van der Waals surface area contributed by atoms with Crippen LogP contribution in [0.3, 0.4) is 0 Å². The second-order valence-electron chi connectivity index (χ2n) is 4.04. The van der Waals surface area contributed by atoms with Crippen molar-refractivity contribution < 1.29 is 9.53 Å². The summed E-state index contributed by atoms with van der Waals surface area (Å²) in [7, 11) is 1.36. The maximum atomic E-state index is 11.3. The maximum Gasteiger partial charge on any atom is 0.357 e. The standard InChI is InChI=1S/C12H20N2O2S/c1-5-9(6-2)8(3)13-12-14-10(7-17-12)11(15)16-4/h7-9H,5-6H2,1-4H3,(H,13,14). The van der Waals surface area contributed by atoms with Gasteiger partial charge in [-0.15, -0.1) is 11.3 Å². The Morgan fingerprint density at radius 3 is 2.71 bits per heavy atom. The molecule has 17 heavy (non-hydrogen) atoms. The van der Waals surface area contributed by atoms with Gasteiger partial charge in [-0.2, -0.15) is 0 Å². The molecule has 1 unspecified atom stereocenters. The minimum Gasteiger partial charge on any atom is -0.464 e. The lowest BCUT2D eigenvalue weighted by atomic mass is 9.96. The van der Waals surface area contributed by atoms with Gasteiger partial charge in [-0.3, -0.25) is 0 Å². The van der Waals surface area contributed by atoms with Crippen molar-refractivity contribution in [1.29, 1.82) is 0 Å². The molecule has 0 saturated heterocycles. The van der Waals surface area contributed by atoms with E-state index in [2.05, 4.69) is 35.8 Å². The monoisotopic (exact) mass is 256 g/mol. The van der Waals surface area contributed by atoms with Gasteiger partial charge >= 0.3 is 5.97 Å². The van der Waals surface area contributed by atoms with E-state index in [0.29, 0.717) is 17.7 Å². The molecular weight excluding hydrogens is 236 g/mol. The third-order valence-electron chi connectivity index (χ3n) is 3.01. The fraction of sp³-hybridized carbons (Fsp3) is 0.667. The number of methoxy groups -OCH3 is 1. The molecule has 0 aliphatic carbocycles. The van der Waals surface area contributed by atoms with Crippen molar-refractivity contribution in [2.45, 2.75) is 39.7 Å². The van der Waals surface area contributed by atoms with Gasteiger partial charge in [-0.05, 0) is 12.8 Å². The molecule has 1 aromatic heterocycles. The number of carbonyl (C=O) groups excluding carboxylic acids is 1. The van der Waals surface area contributed by atoms with E-state index in [-0.39, 0.29) is 5.97 Å². The Morgan fingerprint density at radius 2 is 2.18 bits per heavy atom. The molecule has 0 aromatic carbocycles. The summed E-state index contributed by atoms with van der Waals surface area (Å²) in [6.07, 6.45) is 2.28. The van der Waals surface area contributed by atoms with Crippen LogP contribution in [0.1, 0.15) is 44.1 Å². The Labute approximate surface area is 106 Å². The molecule has 1 rings (SSSR count). The molecule has 0 fully saturated rings. The first-order valence-electron chi connectivity index (χ1n) is 5.92. The van der Waals surface area contributed by atoms with Crippen molar-refractivity contribution in [3.05, 3.63) is 11.1 Å². The molecule has 0 saturated carbocycles. The molecule has 1 atom stereocenters. The summed E-state index contributed by atoms with van der Waals surface area (Å²) in [5, 5.41) is 5.84. The number of thiazole rings is 1. The molecule has 0 bridgehead atoms. The third-order valence-corrected chi connectivity index (χ3v) is 3.78. The van der Waals surface area contributed by atoms with E-state index in [9.17, 15) is 4.79 Å².